The maximum absolute atomic E-state index is 13.5. The fourth-order valence-corrected chi connectivity index (χ4v) is 3.65. The van der Waals surface area contributed by atoms with E-state index < -0.39 is 5.76 Å². The van der Waals surface area contributed by atoms with Crippen LogP contribution in [-0.4, -0.2) is 28.0 Å². The first-order chi connectivity index (χ1) is 12.6. The third-order valence-electron chi connectivity index (χ3n) is 3.42. The molecule has 0 saturated heterocycles. The number of thioether (sulfide) groups is 1. The summed E-state index contributed by atoms with van der Waals surface area (Å²) in [7, 11) is 0. The van der Waals surface area contributed by atoms with Crippen LogP contribution >= 0.6 is 23.1 Å². The van der Waals surface area contributed by atoms with Crippen molar-refractivity contribution in [2.24, 2.45) is 0 Å². The molecule has 2 aromatic heterocycles. The fourth-order valence-electron chi connectivity index (χ4n) is 2.16. The number of thiophene rings is 1. The Kier molecular flexibility index (Phi) is 6.24. The molecule has 3 aromatic rings. The summed E-state index contributed by atoms with van der Waals surface area (Å²) < 4.78 is 19.5. The molecule has 2 heterocycles. The molecule has 0 fully saturated rings. The van der Waals surface area contributed by atoms with E-state index in [9.17, 15) is 14.0 Å². The van der Waals surface area contributed by atoms with Gasteiger partial charge in [-0.1, -0.05) is 24.3 Å². The lowest BCUT2D eigenvalue weighted by molar-refractivity contribution is -0.121. The summed E-state index contributed by atoms with van der Waals surface area (Å²) in [6.07, 6.45) is 0. The lowest BCUT2D eigenvalue weighted by atomic mass is 10.2. The summed E-state index contributed by atoms with van der Waals surface area (Å²) in [5, 5.41) is 8.58. The molecule has 1 aromatic carbocycles. The van der Waals surface area contributed by atoms with Crippen molar-refractivity contribution in [3.8, 4) is 10.8 Å². The van der Waals surface area contributed by atoms with E-state index in [1.165, 1.54) is 29.2 Å². The van der Waals surface area contributed by atoms with E-state index in [0.29, 0.717) is 23.6 Å². The standard InChI is InChI=1S/C17H16FN3O3S2/c18-13-5-2-1-4-12(13)11-25-9-7-19-15(22)10-21-17(23)24-16(20-21)14-6-3-8-26-14/h1-6,8H,7,9-11H2,(H,19,22). The van der Waals surface area contributed by atoms with Crippen LogP contribution in [0.5, 0.6) is 0 Å². The number of hydrogen-bond donors (Lipinski definition) is 1. The van der Waals surface area contributed by atoms with Crippen LogP contribution in [0.2, 0.25) is 0 Å². The molecule has 6 nitrogen and oxygen atoms in total. The molecule has 0 saturated carbocycles. The first-order valence-electron chi connectivity index (χ1n) is 7.83. The number of nitrogens with one attached hydrogen (secondary N) is 1. The van der Waals surface area contributed by atoms with Crippen LogP contribution in [0, 0.1) is 5.82 Å². The molecule has 0 aliphatic heterocycles. The van der Waals surface area contributed by atoms with Crippen LogP contribution in [0.15, 0.2) is 51.0 Å². The Bertz CT molecular complexity index is 921. The Hall–Kier alpha value is -2.39. The Morgan fingerprint density at radius 3 is 2.92 bits per heavy atom. The van der Waals surface area contributed by atoms with Gasteiger partial charge in [0.2, 0.25) is 5.91 Å². The number of aromatic nitrogens is 2. The van der Waals surface area contributed by atoms with Crippen LogP contribution in [0.3, 0.4) is 0 Å². The van der Waals surface area contributed by atoms with E-state index >= 15 is 0 Å². The Balaban J connectivity index is 1.42. The molecular formula is C17H16FN3O3S2. The van der Waals surface area contributed by atoms with Crippen molar-refractivity contribution in [1.82, 2.24) is 15.1 Å². The van der Waals surface area contributed by atoms with Gasteiger partial charge < -0.3 is 9.73 Å². The summed E-state index contributed by atoms with van der Waals surface area (Å²) in [6, 6.07) is 10.2. The number of benzene rings is 1. The lowest BCUT2D eigenvalue weighted by Crippen LogP contribution is -2.32. The molecule has 0 bridgehead atoms. The van der Waals surface area contributed by atoms with Crippen molar-refractivity contribution in [3.63, 3.8) is 0 Å². The average molecular weight is 393 g/mol. The van der Waals surface area contributed by atoms with E-state index in [1.807, 2.05) is 11.4 Å². The second-order valence-electron chi connectivity index (χ2n) is 5.30. The van der Waals surface area contributed by atoms with E-state index in [-0.39, 0.29) is 24.2 Å². The largest absolute Gasteiger partial charge is 0.437 e. The summed E-state index contributed by atoms with van der Waals surface area (Å²) in [5.41, 5.74) is 0.638. The highest BCUT2D eigenvalue weighted by Crippen LogP contribution is 2.21. The van der Waals surface area contributed by atoms with Crippen molar-refractivity contribution < 1.29 is 13.6 Å². The van der Waals surface area contributed by atoms with Gasteiger partial charge >= 0.3 is 5.76 Å². The monoisotopic (exact) mass is 393 g/mol. The summed E-state index contributed by atoms with van der Waals surface area (Å²) in [6.45, 7) is 0.216. The highest BCUT2D eigenvalue weighted by Gasteiger charge is 2.13. The molecule has 0 spiro atoms. The Morgan fingerprint density at radius 2 is 2.15 bits per heavy atom. The van der Waals surface area contributed by atoms with E-state index in [1.54, 1.807) is 24.3 Å². The van der Waals surface area contributed by atoms with E-state index in [2.05, 4.69) is 10.4 Å². The fraction of sp³-hybridized carbons (Fsp3) is 0.235. The minimum atomic E-state index is -0.669. The summed E-state index contributed by atoms with van der Waals surface area (Å²) in [5.74, 6) is 0.153. The zero-order chi connectivity index (χ0) is 18.4. The molecule has 0 radical (unpaired) electrons. The molecule has 0 atom stereocenters. The zero-order valence-electron chi connectivity index (χ0n) is 13.7. The van der Waals surface area contributed by atoms with Gasteiger partial charge in [0, 0.05) is 18.1 Å². The van der Waals surface area contributed by atoms with Gasteiger partial charge in [0.25, 0.3) is 5.89 Å². The smallest absolute Gasteiger partial charge is 0.387 e. The number of carbonyl (C=O) groups excluding carboxylic acids is 1. The van der Waals surface area contributed by atoms with Crippen molar-refractivity contribution in [2.75, 3.05) is 12.3 Å². The average Bonchev–Trinajstić information content (AvgIpc) is 3.27. The number of halogens is 1. The number of rotatable bonds is 8. The maximum Gasteiger partial charge on any atom is 0.437 e. The Labute approximate surface area is 157 Å². The van der Waals surface area contributed by atoms with Crippen LogP contribution in [0.4, 0.5) is 4.39 Å². The lowest BCUT2D eigenvalue weighted by Gasteiger charge is -2.05. The topological polar surface area (TPSA) is 77.1 Å². The van der Waals surface area contributed by atoms with Gasteiger partial charge in [0.15, 0.2) is 0 Å². The van der Waals surface area contributed by atoms with Crippen LogP contribution < -0.4 is 11.1 Å². The molecule has 0 unspecified atom stereocenters. The van der Waals surface area contributed by atoms with Crippen LogP contribution in [-0.2, 0) is 17.1 Å². The number of nitrogens with zero attached hydrogens (tertiary/aromatic N) is 2. The van der Waals surface area contributed by atoms with Gasteiger partial charge in [0.1, 0.15) is 12.4 Å². The van der Waals surface area contributed by atoms with Crippen molar-refractivity contribution in [3.05, 3.63) is 63.7 Å². The van der Waals surface area contributed by atoms with Gasteiger partial charge in [-0.15, -0.1) is 16.4 Å². The number of hydrogen-bond acceptors (Lipinski definition) is 6. The molecular weight excluding hydrogens is 377 g/mol. The summed E-state index contributed by atoms with van der Waals surface area (Å²) in [4.78, 5) is 24.4. The highest BCUT2D eigenvalue weighted by molar-refractivity contribution is 7.98. The predicted octanol–water partition coefficient (Wildman–Crippen LogP) is 2.75. The minimum Gasteiger partial charge on any atom is -0.387 e. The molecule has 0 aliphatic rings. The molecule has 1 N–H and O–H groups in total. The van der Waals surface area contributed by atoms with Crippen molar-refractivity contribution in [1.29, 1.82) is 0 Å². The Morgan fingerprint density at radius 1 is 1.31 bits per heavy atom. The van der Waals surface area contributed by atoms with Gasteiger partial charge in [0.05, 0.1) is 4.88 Å². The predicted molar refractivity (Wildman–Crippen MR) is 99.6 cm³/mol. The maximum atomic E-state index is 13.5. The molecule has 1 amide bonds. The van der Waals surface area contributed by atoms with Crippen molar-refractivity contribution >= 4 is 29.0 Å². The van der Waals surface area contributed by atoms with Crippen LogP contribution in [0.25, 0.3) is 10.8 Å². The molecule has 136 valence electrons. The highest BCUT2D eigenvalue weighted by atomic mass is 32.2. The molecule has 3 rings (SSSR count). The third-order valence-corrected chi connectivity index (χ3v) is 5.28. The summed E-state index contributed by atoms with van der Waals surface area (Å²) >= 11 is 2.92. The van der Waals surface area contributed by atoms with Gasteiger partial charge in [-0.2, -0.15) is 16.4 Å². The second kappa shape index (κ2) is 8.81. The first kappa shape index (κ1) is 18.4. The third kappa shape index (κ3) is 4.83. The van der Waals surface area contributed by atoms with E-state index in [0.717, 1.165) is 9.56 Å². The van der Waals surface area contributed by atoms with Gasteiger partial charge in [-0.25, -0.2) is 9.18 Å². The van der Waals surface area contributed by atoms with Gasteiger partial charge in [-0.05, 0) is 23.1 Å². The quantitative estimate of drug-likeness (QED) is 0.596. The first-order valence-corrected chi connectivity index (χ1v) is 9.86. The molecule has 26 heavy (non-hydrogen) atoms. The van der Waals surface area contributed by atoms with E-state index in [4.69, 9.17) is 4.42 Å². The number of amides is 1. The van der Waals surface area contributed by atoms with Crippen LogP contribution in [0.1, 0.15) is 5.56 Å². The normalized spacial score (nSPS) is 10.8. The van der Waals surface area contributed by atoms with Crippen molar-refractivity contribution in [2.45, 2.75) is 12.3 Å². The zero-order valence-corrected chi connectivity index (χ0v) is 15.3. The molecule has 0 aliphatic carbocycles. The van der Waals surface area contributed by atoms with Gasteiger partial charge in [-0.3, -0.25) is 4.79 Å². The SMILES string of the molecule is O=C(Cn1nc(-c2cccs2)oc1=O)NCCSCc1ccccc1F. The molecule has 9 heteroatoms. The number of carbonyl (C=O) groups is 1. The minimum absolute atomic E-state index is 0.203. The second-order valence-corrected chi connectivity index (χ2v) is 7.35.